The highest BCUT2D eigenvalue weighted by Crippen LogP contribution is 2.40. The number of carbonyl (C=O) groups excluding carboxylic acids is 2. The van der Waals surface area contributed by atoms with Gasteiger partial charge in [0.25, 0.3) is 0 Å². The monoisotopic (exact) mass is 430 g/mol. The molecule has 2 aromatic rings. The standard InChI is InChI=1S/C21H23ClN4O4/c1-21(2,3)30-20(28)26-10-14-8-16(29-15-6-4-13(12-27)5-7-15)11-25(14)17-9-18(22)23-24-19(17)26/h4-7,9,12,14,16H,8,10-11H2,1-3H3/t14-,16-/m1/s1. The molecule has 0 bridgehead atoms. The molecule has 2 atom stereocenters. The van der Waals surface area contributed by atoms with Crippen LogP contribution in [0.1, 0.15) is 37.6 Å². The van der Waals surface area contributed by atoms with Gasteiger partial charge in [0.1, 0.15) is 23.7 Å². The second-order valence-electron chi connectivity index (χ2n) is 8.44. The SMILES string of the molecule is CC(C)(C)OC(=O)N1C[C@H]2C[C@@H](Oc3ccc(C=O)cc3)CN2c2cc(Cl)nnc21. The zero-order valence-electron chi connectivity index (χ0n) is 17.0. The van der Waals surface area contributed by atoms with Crippen molar-refractivity contribution in [3.63, 3.8) is 0 Å². The molecule has 158 valence electrons. The average molecular weight is 431 g/mol. The van der Waals surface area contributed by atoms with E-state index in [9.17, 15) is 9.59 Å². The van der Waals surface area contributed by atoms with Gasteiger partial charge in [0, 0.05) is 18.1 Å². The lowest BCUT2D eigenvalue weighted by atomic mass is 10.1. The number of carbonyl (C=O) groups is 2. The third-order valence-electron chi connectivity index (χ3n) is 4.99. The lowest BCUT2D eigenvalue weighted by Gasteiger charge is -2.38. The highest BCUT2D eigenvalue weighted by molar-refractivity contribution is 6.29. The summed E-state index contributed by atoms with van der Waals surface area (Å²) in [6.45, 7) is 6.51. The Labute approximate surface area is 179 Å². The molecule has 0 saturated carbocycles. The molecule has 0 spiro atoms. The number of nitrogens with zero attached hydrogens (tertiary/aromatic N) is 4. The summed E-state index contributed by atoms with van der Waals surface area (Å²) in [5.74, 6) is 1.13. The van der Waals surface area contributed by atoms with Crippen molar-refractivity contribution in [3.05, 3.63) is 41.0 Å². The minimum absolute atomic E-state index is 0.0320. The van der Waals surface area contributed by atoms with Crippen molar-refractivity contribution in [2.75, 3.05) is 22.9 Å². The van der Waals surface area contributed by atoms with E-state index in [0.29, 0.717) is 36.6 Å². The topological polar surface area (TPSA) is 84.9 Å². The second-order valence-corrected chi connectivity index (χ2v) is 8.82. The van der Waals surface area contributed by atoms with Crippen molar-refractivity contribution in [1.82, 2.24) is 10.2 Å². The first kappa shape index (κ1) is 20.4. The Hall–Kier alpha value is -2.87. The Morgan fingerprint density at radius 3 is 2.60 bits per heavy atom. The number of benzene rings is 1. The summed E-state index contributed by atoms with van der Waals surface area (Å²) in [5.41, 5.74) is 0.712. The molecule has 0 radical (unpaired) electrons. The molecular formula is C21H23ClN4O4. The smallest absolute Gasteiger partial charge is 0.416 e. The lowest BCUT2D eigenvalue weighted by molar-refractivity contribution is 0.0574. The van der Waals surface area contributed by atoms with E-state index in [1.54, 1.807) is 30.3 Å². The maximum atomic E-state index is 12.8. The Morgan fingerprint density at radius 2 is 1.93 bits per heavy atom. The maximum Gasteiger partial charge on any atom is 0.416 e. The quantitative estimate of drug-likeness (QED) is 0.686. The number of aromatic nitrogens is 2. The molecule has 0 unspecified atom stereocenters. The normalized spacial score (nSPS) is 20.4. The first-order valence-electron chi connectivity index (χ1n) is 9.76. The number of fused-ring (bicyclic) bond motifs is 3. The Bertz CT molecular complexity index is 960. The number of rotatable bonds is 3. The molecule has 30 heavy (non-hydrogen) atoms. The third kappa shape index (κ3) is 4.18. The van der Waals surface area contributed by atoms with Crippen LogP contribution in [0.3, 0.4) is 0 Å². The molecular weight excluding hydrogens is 408 g/mol. The highest BCUT2D eigenvalue weighted by atomic mass is 35.5. The fourth-order valence-corrected chi connectivity index (χ4v) is 3.92. The molecule has 9 heteroatoms. The van der Waals surface area contributed by atoms with Gasteiger partial charge in [0.05, 0.1) is 24.8 Å². The van der Waals surface area contributed by atoms with Crippen LogP contribution in [0.15, 0.2) is 30.3 Å². The Balaban J connectivity index is 1.56. The van der Waals surface area contributed by atoms with Crippen LogP contribution in [0.2, 0.25) is 5.15 Å². The largest absolute Gasteiger partial charge is 0.489 e. The summed E-state index contributed by atoms with van der Waals surface area (Å²) in [4.78, 5) is 27.3. The van der Waals surface area contributed by atoms with Gasteiger partial charge in [0.15, 0.2) is 11.0 Å². The van der Waals surface area contributed by atoms with Crippen LogP contribution in [-0.4, -0.2) is 53.4 Å². The molecule has 0 aliphatic carbocycles. The van der Waals surface area contributed by atoms with Gasteiger partial charge < -0.3 is 14.4 Å². The molecule has 2 aliphatic heterocycles. The first-order chi connectivity index (χ1) is 14.2. The van der Waals surface area contributed by atoms with Gasteiger partial charge in [-0.1, -0.05) is 11.6 Å². The van der Waals surface area contributed by atoms with E-state index in [2.05, 4.69) is 15.1 Å². The van der Waals surface area contributed by atoms with Crippen molar-refractivity contribution in [2.24, 2.45) is 0 Å². The van der Waals surface area contributed by atoms with E-state index in [1.165, 1.54) is 4.90 Å². The predicted octanol–water partition coefficient (Wildman–Crippen LogP) is 3.72. The zero-order chi connectivity index (χ0) is 21.5. The van der Waals surface area contributed by atoms with Crippen molar-refractivity contribution in [1.29, 1.82) is 0 Å². The molecule has 1 amide bonds. The number of hydrogen-bond donors (Lipinski definition) is 0. The van der Waals surface area contributed by atoms with E-state index in [-0.39, 0.29) is 17.3 Å². The summed E-state index contributed by atoms with van der Waals surface area (Å²) in [5, 5.41) is 8.34. The molecule has 0 N–H and O–H groups in total. The van der Waals surface area contributed by atoms with Crippen LogP contribution in [0.5, 0.6) is 5.75 Å². The highest BCUT2D eigenvalue weighted by Gasteiger charge is 2.43. The van der Waals surface area contributed by atoms with Gasteiger partial charge in [-0.15, -0.1) is 10.2 Å². The van der Waals surface area contributed by atoms with Crippen LogP contribution >= 0.6 is 11.6 Å². The minimum Gasteiger partial charge on any atom is -0.489 e. The number of aldehydes is 1. The molecule has 3 heterocycles. The minimum atomic E-state index is -0.622. The molecule has 1 saturated heterocycles. The fraction of sp³-hybridized carbons (Fsp3) is 0.429. The van der Waals surface area contributed by atoms with Gasteiger partial charge in [0.2, 0.25) is 0 Å². The predicted molar refractivity (Wildman–Crippen MR) is 113 cm³/mol. The van der Waals surface area contributed by atoms with E-state index in [4.69, 9.17) is 21.1 Å². The van der Waals surface area contributed by atoms with Gasteiger partial charge in [-0.2, -0.15) is 0 Å². The Morgan fingerprint density at radius 1 is 1.20 bits per heavy atom. The van der Waals surface area contributed by atoms with Crippen LogP contribution < -0.4 is 14.5 Å². The van der Waals surface area contributed by atoms with Crippen molar-refractivity contribution < 1.29 is 19.1 Å². The van der Waals surface area contributed by atoms with Crippen molar-refractivity contribution in [3.8, 4) is 5.75 Å². The summed E-state index contributed by atoms with van der Waals surface area (Å²) >= 11 is 6.10. The van der Waals surface area contributed by atoms with Crippen LogP contribution in [0, 0.1) is 0 Å². The van der Waals surface area contributed by atoms with Crippen molar-refractivity contribution >= 4 is 35.5 Å². The third-order valence-corrected chi connectivity index (χ3v) is 5.18. The summed E-state index contributed by atoms with van der Waals surface area (Å²) in [7, 11) is 0. The van der Waals surface area contributed by atoms with Gasteiger partial charge in [-0.05, 0) is 45.0 Å². The number of hydrogen-bond acceptors (Lipinski definition) is 7. The van der Waals surface area contributed by atoms with Crippen molar-refractivity contribution in [2.45, 2.75) is 44.9 Å². The van der Waals surface area contributed by atoms with Crippen LogP contribution in [0.4, 0.5) is 16.3 Å². The molecule has 2 aliphatic rings. The zero-order valence-corrected chi connectivity index (χ0v) is 17.8. The second kappa shape index (κ2) is 7.75. The van der Waals surface area contributed by atoms with Crippen LogP contribution in [-0.2, 0) is 4.74 Å². The number of halogens is 1. The number of anilines is 2. The van der Waals surface area contributed by atoms with E-state index >= 15 is 0 Å². The number of ether oxygens (including phenoxy) is 2. The maximum absolute atomic E-state index is 12.8. The molecule has 1 aromatic heterocycles. The summed E-state index contributed by atoms with van der Waals surface area (Å²) in [6.07, 6.45) is 0.963. The fourth-order valence-electron chi connectivity index (χ4n) is 3.78. The summed E-state index contributed by atoms with van der Waals surface area (Å²) < 4.78 is 11.7. The molecule has 1 fully saturated rings. The van der Waals surface area contributed by atoms with Crippen LogP contribution in [0.25, 0.3) is 0 Å². The van der Waals surface area contributed by atoms with Gasteiger partial charge >= 0.3 is 6.09 Å². The lowest BCUT2D eigenvalue weighted by Crippen LogP contribution is -2.50. The summed E-state index contributed by atoms with van der Waals surface area (Å²) in [6, 6.07) is 8.76. The molecule has 8 nitrogen and oxygen atoms in total. The Kier molecular flexibility index (Phi) is 5.27. The van der Waals surface area contributed by atoms with E-state index in [0.717, 1.165) is 12.0 Å². The van der Waals surface area contributed by atoms with E-state index in [1.807, 2.05) is 20.8 Å². The average Bonchev–Trinajstić information content (AvgIpc) is 3.09. The number of amides is 1. The molecule has 4 rings (SSSR count). The first-order valence-corrected chi connectivity index (χ1v) is 10.1. The van der Waals surface area contributed by atoms with Gasteiger partial charge in [-0.25, -0.2) is 4.79 Å². The molecule has 1 aromatic carbocycles. The van der Waals surface area contributed by atoms with E-state index < -0.39 is 11.7 Å². The van der Waals surface area contributed by atoms with Gasteiger partial charge in [-0.3, -0.25) is 9.69 Å².